The molecule has 0 spiro atoms. The maximum Gasteiger partial charge on any atom is 0.328 e. The highest BCUT2D eigenvalue weighted by atomic mass is 16.2. The maximum absolute atomic E-state index is 12.4. The number of nitrogens with one attached hydrogen (secondary N) is 1. The fraction of sp³-hybridized carbons (Fsp3) is 0.438. The van der Waals surface area contributed by atoms with E-state index in [1.165, 1.54) is 16.8 Å². The minimum Gasteiger partial charge on any atom is -0.341 e. The zero-order valence-electron chi connectivity index (χ0n) is 13.8. The molecule has 0 saturated carbocycles. The van der Waals surface area contributed by atoms with Gasteiger partial charge in [-0.15, -0.1) is 0 Å². The summed E-state index contributed by atoms with van der Waals surface area (Å²) in [7, 11) is 0. The van der Waals surface area contributed by atoms with Crippen molar-refractivity contribution in [2.75, 3.05) is 31.1 Å². The van der Waals surface area contributed by atoms with Crippen molar-refractivity contribution in [1.82, 2.24) is 24.4 Å². The average molecular weight is 344 g/mol. The predicted molar refractivity (Wildman–Crippen MR) is 91.4 cm³/mol. The van der Waals surface area contributed by atoms with E-state index in [1.54, 1.807) is 23.4 Å². The molecule has 0 unspecified atom stereocenters. The fourth-order valence-electron chi connectivity index (χ4n) is 2.82. The van der Waals surface area contributed by atoms with Gasteiger partial charge in [0.1, 0.15) is 0 Å². The second-order valence-corrected chi connectivity index (χ2v) is 5.82. The molecule has 0 radical (unpaired) electrons. The van der Waals surface area contributed by atoms with Crippen LogP contribution in [0.4, 0.5) is 5.95 Å². The van der Waals surface area contributed by atoms with Crippen LogP contribution in [0, 0.1) is 0 Å². The number of aryl methyl sites for hydroxylation is 1. The highest BCUT2D eigenvalue weighted by Crippen LogP contribution is 2.11. The molecule has 2 aromatic heterocycles. The summed E-state index contributed by atoms with van der Waals surface area (Å²) in [5, 5.41) is 0. The second-order valence-electron chi connectivity index (χ2n) is 5.82. The van der Waals surface area contributed by atoms with Crippen LogP contribution in [0.2, 0.25) is 0 Å². The molecule has 3 heterocycles. The lowest BCUT2D eigenvalue weighted by Crippen LogP contribution is -2.37. The average Bonchev–Trinajstić information content (AvgIpc) is 2.88. The van der Waals surface area contributed by atoms with Gasteiger partial charge in [-0.25, -0.2) is 14.8 Å². The van der Waals surface area contributed by atoms with Gasteiger partial charge in [0.15, 0.2) is 0 Å². The molecular weight excluding hydrogens is 324 g/mol. The number of anilines is 1. The van der Waals surface area contributed by atoms with Crippen LogP contribution in [0.15, 0.2) is 40.3 Å². The molecule has 0 aliphatic carbocycles. The lowest BCUT2D eigenvalue weighted by atomic mass is 10.3. The molecule has 1 amide bonds. The summed E-state index contributed by atoms with van der Waals surface area (Å²) in [5.74, 6) is 0.672. The molecule has 3 rings (SSSR count). The van der Waals surface area contributed by atoms with Crippen molar-refractivity contribution in [3.63, 3.8) is 0 Å². The van der Waals surface area contributed by atoms with Crippen molar-refractivity contribution < 1.29 is 4.79 Å². The van der Waals surface area contributed by atoms with Gasteiger partial charge < -0.3 is 14.4 Å². The molecule has 0 atom stereocenters. The number of hydrogen-bond donors (Lipinski definition) is 1. The van der Waals surface area contributed by atoms with Crippen molar-refractivity contribution in [2.45, 2.75) is 19.4 Å². The molecular formula is C16H20N6O3. The van der Waals surface area contributed by atoms with Crippen molar-refractivity contribution in [3.8, 4) is 0 Å². The number of H-pyrrole nitrogens is 1. The van der Waals surface area contributed by atoms with Crippen molar-refractivity contribution in [3.05, 3.63) is 51.6 Å². The molecule has 1 saturated heterocycles. The number of amides is 1. The number of aromatic amines is 1. The van der Waals surface area contributed by atoms with Gasteiger partial charge in [-0.1, -0.05) is 0 Å². The summed E-state index contributed by atoms with van der Waals surface area (Å²) in [6.07, 6.45) is 5.87. The molecule has 1 aliphatic rings. The Balaban J connectivity index is 1.56. The molecule has 9 nitrogen and oxygen atoms in total. The smallest absolute Gasteiger partial charge is 0.328 e. The Hall–Kier alpha value is -2.97. The van der Waals surface area contributed by atoms with Crippen LogP contribution in [0.25, 0.3) is 0 Å². The first kappa shape index (κ1) is 16.9. The summed E-state index contributed by atoms with van der Waals surface area (Å²) in [6.45, 7) is 2.98. The third-order valence-corrected chi connectivity index (χ3v) is 4.15. The number of carbonyl (C=O) groups is 1. The monoisotopic (exact) mass is 344 g/mol. The maximum atomic E-state index is 12.4. The van der Waals surface area contributed by atoms with Gasteiger partial charge >= 0.3 is 5.69 Å². The molecule has 2 aromatic rings. The van der Waals surface area contributed by atoms with Gasteiger partial charge in [-0.3, -0.25) is 14.6 Å². The molecule has 132 valence electrons. The number of aromatic nitrogens is 4. The highest BCUT2D eigenvalue weighted by Gasteiger charge is 2.20. The van der Waals surface area contributed by atoms with Gasteiger partial charge in [-0.05, 0) is 12.5 Å². The van der Waals surface area contributed by atoms with Crippen LogP contribution in [-0.4, -0.2) is 56.5 Å². The van der Waals surface area contributed by atoms with Crippen molar-refractivity contribution >= 4 is 11.9 Å². The third kappa shape index (κ3) is 4.31. The largest absolute Gasteiger partial charge is 0.341 e. The van der Waals surface area contributed by atoms with E-state index < -0.39 is 11.2 Å². The molecule has 25 heavy (non-hydrogen) atoms. The van der Waals surface area contributed by atoms with Gasteiger partial charge in [0.05, 0.1) is 0 Å². The van der Waals surface area contributed by atoms with Crippen molar-refractivity contribution in [2.24, 2.45) is 0 Å². The van der Waals surface area contributed by atoms with Crippen LogP contribution in [-0.2, 0) is 11.3 Å². The highest BCUT2D eigenvalue weighted by molar-refractivity contribution is 5.76. The summed E-state index contributed by atoms with van der Waals surface area (Å²) in [6, 6.07) is 3.05. The number of nitrogens with zero attached hydrogens (tertiary/aromatic N) is 5. The molecule has 0 bridgehead atoms. The lowest BCUT2D eigenvalue weighted by molar-refractivity contribution is -0.131. The zero-order chi connectivity index (χ0) is 17.6. The van der Waals surface area contributed by atoms with Crippen LogP contribution < -0.4 is 16.1 Å². The van der Waals surface area contributed by atoms with E-state index in [4.69, 9.17) is 0 Å². The number of rotatable bonds is 4. The predicted octanol–water partition coefficient (Wildman–Crippen LogP) is -0.544. The van der Waals surface area contributed by atoms with Gasteiger partial charge in [0.2, 0.25) is 11.9 Å². The SMILES string of the molecule is O=C(CCn1ccc(=O)[nH]c1=O)N1CCCN(c2ncccn2)CC1. The first-order valence-corrected chi connectivity index (χ1v) is 8.23. The van der Waals surface area contributed by atoms with Crippen LogP contribution in [0.3, 0.4) is 0 Å². The van der Waals surface area contributed by atoms with E-state index in [0.717, 1.165) is 13.0 Å². The van der Waals surface area contributed by atoms with Gasteiger partial charge in [-0.2, -0.15) is 0 Å². The third-order valence-electron chi connectivity index (χ3n) is 4.15. The normalized spacial score (nSPS) is 15.0. The minimum absolute atomic E-state index is 0.00562. The lowest BCUT2D eigenvalue weighted by Gasteiger charge is -2.22. The van der Waals surface area contributed by atoms with Crippen LogP contribution in [0.1, 0.15) is 12.8 Å². The second kappa shape index (κ2) is 7.73. The first-order chi connectivity index (χ1) is 12.1. The first-order valence-electron chi connectivity index (χ1n) is 8.23. The minimum atomic E-state index is -0.497. The summed E-state index contributed by atoms with van der Waals surface area (Å²) >= 11 is 0. The van der Waals surface area contributed by atoms with E-state index >= 15 is 0 Å². The van der Waals surface area contributed by atoms with E-state index in [2.05, 4.69) is 19.9 Å². The zero-order valence-corrected chi connectivity index (χ0v) is 13.8. The molecule has 0 aromatic carbocycles. The fourth-order valence-corrected chi connectivity index (χ4v) is 2.82. The van der Waals surface area contributed by atoms with E-state index in [0.29, 0.717) is 25.6 Å². The topological polar surface area (TPSA) is 104 Å². The number of carbonyl (C=O) groups excluding carboxylic acids is 1. The van der Waals surface area contributed by atoms with E-state index in [1.807, 2.05) is 0 Å². The Morgan fingerprint density at radius 1 is 1.12 bits per heavy atom. The summed E-state index contributed by atoms with van der Waals surface area (Å²) in [4.78, 5) is 49.7. The van der Waals surface area contributed by atoms with E-state index in [-0.39, 0.29) is 18.9 Å². The Bertz CT molecular complexity index is 832. The Morgan fingerprint density at radius 3 is 2.68 bits per heavy atom. The molecule has 1 fully saturated rings. The molecule has 1 N–H and O–H groups in total. The summed E-state index contributed by atoms with van der Waals surface area (Å²) in [5.41, 5.74) is -0.938. The van der Waals surface area contributed by atoms with Gasteiger partial charge in [0, 0.05) is 63.8 Å². The Morgan fingerprint density at radius 2 is 1.92 bits per heavy atom. The standard InChI is InChI=1S/C16H20N6O3/c23-13-3-9-22(16(25)19-13)10-4-14(24)20-7-2-8-21(12-11-20)15-17-5-1-6-18-15/h1,3,5-6,9H,2,4,7-8,10-12H2,(H,19,23,25). The molecule has 9 heteroatoms. The quantitative estimate of drug-likeness (QED) is 0.798. The summed E-state index contributed by atoms with van der Waals surface area (Å²) < 4.78 is 1.33. The van der Waals surface area contributed by atoms with Crippen molar-refractivity contribution in [1.29, 1.82) is 0 Å². The Labute approximate surface area is 143 Å². The number of hydrogen-bond acceptors (Lipinski definition) is 6. The van der Waals surface area contributed by atoms with Gasteiger partial charge in [0.25, 0.3) is 5.56 Å². The molecule has 1 aliphatic heterocycles. The Kier molecular flexibility index (Phi) is 5.22. The van der Waals surface area contributed by atoms with Crippen LogP contribution in [0.5, 0.6) is 0 Å². The van der Waals surface area contributed by atoms with E-state index in [9.17, 15) is 14.4 Å². The van der Waals surface area contributed by atoms with Crippen LogP contribution >= 0.6 is 0 Å².